The van der Waals surface area contributed by atoms with Crippen LogP contribution in [0, 0.1) is 25.7 Å². The molecular formula is C22H27N5O2. The SMILES string of the molecule is Cc1cc(CC(=O)NC[C@H]2[C@H]3CN(c4cnccn4)C[C@]34CC[C@H]2O4)cc(C)n1. The quantitative estimate of drug-likeness (QED) is 0.835. The molecule has 29 heavy (non-hydrogen) atoms. The molecule has 0 unspecified atom stereocenters. The monoisotopic (exact) mass is 393 g/mol. The summed E-state index contributed by atoms with van der Waals surface area (Å²) < 4.78 is 6.48. The van der Waals surface area contributed by atoms with E-state index in [1.54, 1.807) is 12.4 Å². The number of aromatic nitrogens is 3. The van der Waals surface area contributed by atoms with Crippen LogP contribution in [0.1, 0.15) is 29.8 Å². The lowest BCUT2D eigenvalue weighted by Gasteiger charge is -2.29. The van der Waals surface area contributed by atoms with E-state index in [9.17, 15) is 4.79 Å². The van der Waals surface area contributed by atoms with Crippen LogP contribution in [-0.4, -0.2) is 52.2 Å². The Kier molecular flexibility index (Phi) is 4.50. The number of nitrogens with zero attached hydrogens (tertiary/aromatic N) is 4. The van der Waals surface area contributed by atoms with E-state index < -0.39 is 0 Å². The molecule has 1 amide bonds. The van der Waals surface area contributed by atoms with Gasteiger partial charge in [-0.15, -0.1) is 0 Å². The van der Waals surface area contributed by atoms with Crippen LogP contribution in [0.15, 0.2) is 30.7 Å². The van der Waals surface area contributed by atoms with Crippen LogP contribution < -0.4 is 10.2 Å². The zero-order chi connectivity index (χ0) is 20.0. The summed E-state index contributed by atoms with van der Waals surface area (Å²) in [4.78, 5) is 27.9. The van der Waals surface area contributed by atoms with Crippen LogP contribution in [-0.2, 0) is 16.0 Å². The number of hydrogen-bond acceptors (Lipinski definition) is 6. The summed E-state index contributed by atoms with van der Waals surface area (Å²) in [5.74, 6) is 1.76. The highest BCUT2D eigenvalue weighted by Crippen LogP contribution is 2.55. The third-order valence-electron chi connectivity index (χ3n) is 6.70. The number of nitrogens with one attached hydrogen (secondary N) is 1. The first-order valence-corrected chi connectivity index (χ1v) is 10.4. The van der Waals surface area contributed by atoms with Crippen molar-refractivity contribution in [2.45, 2.75) is 44.8 Å². The van der Waals surface area contributed by atoms with Gasteiger partial charge in [-0.05, 0) is 44.4 Å². The summed E-state index contributed by atoms with van der Waals surface area (Å²) in [6.45, 7) is 6.38. The number of pyridine rings is 1. The van der Waals surface area contributed by atoms with Gasteiger partial charge < -0.3 is 15.0 Å². The van der Waals surface area contributed by atoms with E-state index in [1.807, 2.05) is 32.2 Å². The minimum Gasteiger partial charge on any atom is -0.369 e. The second-order valence-electron chi connectivity index (χ2n) is 8.71. The molecule has 152 valence electrons. The van der Waals surface area contributed by atoms with E-state index >= 15 is 0 Å². The molecule has 2 aromatic heterocycles. The Morgan fingerprint density at radius 3 is 2.90 bits per heavy atom. The maximum absolute atomic E-state index is 12.6. The zero-order valence-electron chi connectivity index (χ0n) is 17.0. The van der Waals surface area contributed by atoms with Crippen LogP contribution >= 0.6 is 0 Å². The number of carbonyl (C=O) groups excluding carboxylic acids is 1. The summed E-state index contributed by atoms with van der Waals surface area (Å²) in [6.07, 6.45) is 8.08. The molecule has 2 aromatic rings. The molecule has 7 heteroatoms. The Labute approximate surface area is 170 Å². The second-order valence-corrected chi connectivity index (χ2v) is 8.71. The number of ether oxygens (including phenoxy) is 1. The van der Waals surface area contributed by atoms with Gasteiger partial charge in [-0.2, -0.15) is 0 Å². The van der Waals surface area contributed by atoms with Crippen molar-refractivity contribution in [1.82, 2.24) is 20.3 Å². The maximum Gasteiger partial charge on any atom is 0.224 e. The molecule has 0 aromatic carbocycles. The average Bonchev–Trinajstić information content (AvgIpc) is 3.34. The van der Waals surface area contributed by atoms with Crippen molar-refractivity contribution in [2.75, 3.05) is 24.5 Å². The molecule has 2 bridgehead atoms. The highest BCUT2D eigenvalue weighted by molar-refractivity contribution is 5.78. The fraction of sp³-hybridized carbons (Fsp3) is 0.545. The lowest BCUT2D eigenvalue weighted by Crippen LogP contribution is -2.42. The van der Waals surface area contributed by atoms with Crippen molar-refractivity contribution in [3.8, 4) is 0 Å². The summed E-state index contributed by atoms with van der Waals surface area (Å²) in [7, 11) is 0. The molecule has 1 N–H and O–H groups in total. The average molecular weight is 393 g/mol. The van der Waals surface area contributed by atoms with Gasteiger partial charge in [0, 0.05) is 55.3 Å². The fourth-order valence-corrected chi connectivity index (χ4v) is 5.60. The number of rotatable bonds is 5. The molecule has 4 atom stereocenters. The van der Waals surface area contributed by atoms with Gasteiger partial charge in [0.05, 0.1) is 24.3 Å². The molecule has 5 heterocycles. The molecule has 5 rings (SSSR count). The normalized spacial score (nSPS) is 29.9. The lowest BCUT2D eigenvalue weighted by molar-refractivity contribution is -0.120. The lowest BCUT2D eigenvalue weighted by atomic mass is 9.73. The number of carbonyl (C=O) groups is 1. The summed E-state index contributed by atoms with van der Waals surface area (Å²) in [5, 5.41) is 3.17. The first-order chi connectivity index (χ1) is 14.0. The standard InChI is InChI=1S/C22H27N5O2/c1-14-7-16(8-15(2)26-14)9-21(28)25-10-17-18-12-27(20-11-23-5-6-24-20)13-22(18)4-3-19(17)29-22/h5-8,11,17-19H,3-4,9-10,12-13H2,1-2H3,(H,25,28)/t17-,18+,19+,22+/m0/s1. The number of fused-ring (bicyclic) bond motifs is 1. The van der Waals surface area contributed by atoms with Crippen LogP contribution in [0.3, 0.4) is 0 Å². The highest BCUT2D eigenvalue weighted by atomic mass is 16.5. The molecule has 3 aliphatic rings. The van der Waals surface area contributed by atoms with Crippen molar-refractivity contribution in [1.29, 1.82) is 0 Å². The van der Waals surface area contributed by atoms with Crippen LogP contribution in [0.25, 0.3) is 0 Å². The Bertz CT molecular complexity index is 900. The van der Waals surface area contributed by atoms with Crippen LogP contribution in [0.2, 0.25) is 0 Å². The number of aryl methyl sites for hydroxylation is 2. The predicted molar refractivity (Wildman–Crippen MR) is 108 cm³/mol. The molecule has 0 radical (unpaired) electrons. The van der Waals surface area contributed by atoms with Gasteiger partial charge in [0.25, 0.3) is 0 Å². The van der Waals surface area contributed by atoms with Crippen molar-refractivity contribution in [3.05, 3.63) is 47.7 Å². The van der Waals surface area contributed by atoms with E-state index in [0.29, 0.717) is 24.8 Å². The van der Waals surface area contributed by atoms with Gasteiger partial charge in [-0.3, -0.25) is 14.8 Å². The zero-order valence-corrected chi connectivity index (χ0v) is 17.0. The van der Waals surface area contributed by atoms with Gasteiger partial charge >= 0.3 is 0 Å². The van der Waals surface area contributed by atoms with Crippen molar-refractivity contribution in [2.24, 2.45) is 11.8 Å². The number of amides is 1. The second kappa shape index (κ2) is 7.06. The van der Waals surface area contributed by atoms with E-state index in [1.165, 1.54) is 0 Å². The fourth-order valence-electron chi connectivity index (χ4n) is 5.60. The maximum atomic E-state index is 12.6. The molecule has 0 aliphatic carbocycles. The van der Waals surface area contributed by atoms with Gasteiger partial charge in [0.1, 0.15) is 5.82 Å². The molecular weight excluding hydrogens is 366 g/mol. The minimum atomic E-state index is -0.0864. The minimum absolute atomic E-state index is 0.0654. The van der Waals surface area contributed by atoms with E-state index in [-0.39, 0.29) is 17.6 Å². The van der Waals surface area contributed by atoms with Crippen molar-refractivity contribution in [3.63, 3.8) is 0 Å². The molecule has 1 spiro atoms. The van der Waals surface area contributed by atoms with Gasteiger partial charge in [0.15, 0.2) is 0 Å². The van der Waals surface area contributed by atoms with Gasteiger partial charge in [-0.25, -0.2) is 4.98 Å². The van der Waals surface area contributed by atoms with Gasteiger partial charge in [-0.1, -0.05) is 0 Å². The first kappa shape index (κ1) is 18.5. The number of anilines is 1. The van der Waals surface area contributed by atoms with E-state index in [4.69, 9.17) is 4.74 Å². The molecule has 3 saturated heterocycles. The molecule has 3 aliphatic heterocycles. The van der Waals surface area contributed by atoms with Gasteiger partial charge in [0.2, 0.25) is 5.91 Å². The smallest absolute Gasteiger partial charge is 0.224 e. The Hall–Kier alpha value is -2.54. The molecule has 0 saturated carbocycles. The Morgan fingerprint density at radius 2 is 2.14 bits per heavy atom. The summed E-state index contributed by atoms with van der Waals surface area (Å²) in [6, 6.07) is 3.97. The Morgan fingerprint density at radius 1 is 1.31 bits per heavy atom. The summed E-state index contributed by atoms with van der Waals surface area (Å²) in [5.41, 5.74) is 2.83. The predicted octanol–water partition coefficient (Wildman–Crippen LogP) is 1.83. The number of hydrogen-bond donors (Lipinski definition) is 1. The first-order valence-electron chi connectivity index (χ1n) is 10.4. The van der Waals surface area contributed by atoms with E-state index in [2.05, 4.69) is 25.2 Å². The largest absolute Gasteiger partial charge is 0.369 e. The van der Waals surface area contributed by atoms with Crippen molar-refractivity contribution < 1.29 is 9.53 Å². The highest BCUT2D eigenvalue weighted by Gasteiger charge is 2.63. The third kappa shape index (κ3) is 3.37. The third-order valence-corrected chi connectivity index (χ3v) is 6.70. The van der Waals surface area contributed by atoms with E-state index in [0.717, 1.165) is 48.7 Å². The van der Waals surface area contributed by atoms with Crippen LogP contribution in [0.5, 0.6) is 0 Å². The molecule has 7 nitrogen and oxygen atoms in total. The summed E-state index contributed by atoms with van der Waals surface area (Å²) >= 11 is 0. The Balaban J connectivity index is 1.23. The van der Waals surface area contributed by atoms with Crippen molar-refractivity contribution >= 4 is 11.7 Å². The topological polar surface area (TPSA) is 80.2 Å². The van der Waals surface area contributed by atoms with Crippen LogP contribution in [0.4, 0.5) is 5.82 Å². The molecule has 3 fully saturated rings.